The van der Waals surface area contributed by atoms with Crippen LogP contribution in [0.15, 0.2) is 42.5 Å². The van der Waals surface area contributed by atoms with Gasteiger partial charge in [-0.3, -0.25) is 4.79 Å². The molecule has 0 spiro atoms. The van der Waals surface area contributed by atoms with Crippen molar-refractivity contribution in [1.29, 1.82) is 5.26 Å². The molecular formula is C16H12Cl2N2O2. The van der Waals surface area contributed by atoms with E-state index in [0.717, 1.165) is 5.56 Å². The first-order valence-corrected chi connectivity index (χ1v) is 7.17. The maximum absolute atomic E-state index is 11.8. The molecule has 0 heterocycles. The molecule has 4 nitrogen and oxygen atoms in total. The lowest BCUT2D eigenvalue weighted by Crippen LogP contribution is -2.20. The summed E-state index contributed by atoms with van der Waals surface area (Å²) in [5, 5.41) is 12.2. The SMILES string of the molecule is N#CCc1ccc(NC(=O)COc2cc(Cl)ccc2Cl)cc1. The lowest BCUT2D eigenvalue weighted by molar-refractivity contribution is -0.118. The van der Waals surface area contributed by atoms with Gasteiger partial charge in [0.25, 0.3) is 5.91 Å². The standard InChI is InChI=1S/C16H12Cl2N2O2/c17-12-3-6-14(18)15(9-12)22-10-16(21)20-13-4-1-11(2-5-13)7-8-19/h1-6,9H,7,10H2,(H,20,21). The fourth-order valence-corrected chi connectivity index (χ4v) is 2.06. The van der Waals surface area contributed by atoms with E-state index in [4.69, 9.17) is 33.2 Å². The molecule has 2 aromatic rings. The molecular weight excluding hydrogens is 323 g/mol. The minimum absolute atomic E-state index is 0.181. The quantitative estimate of drug-likeness (QED) is 0.896. The Morgan fingerprint density at radius 1 is 1.18 bits per heavy atom. The maximum Gasteiger partial charge on any atom is 0.262 e. The van der Waals surface area contributed by atoms with Crippen molar-refractivity contribution in [2.45, 2.75) is 6.42 Å². The molecule has 0 aliphatic carbocycles. The highest BCUT2D eigenvalue weighted by Crippen LogP contribution is 2.27. The molecule has 2 aromatic carbocycles. The highest BCUT2D eigenvalue weighted by atomic mass is 35.5. The van der Waals surface area contributed by atoms with Gasteiger partial charge in [0.1, 0.15) is 5.75 Å². The van der Waals surface area contributed by atoms with Gasteiger partial charge in [-0.25, -0.2) is 0 Å². The van der Waals surface area contributed by atoms with Gasteiger partial charge in [-0.2, -0.15) is 5.26 Å². The minimum Gasteiger partial charge on any atom is -0.482 e. The Morgan fingerprint density at radius 3 is 2.59 bits per heavy atom. The smallest absolute Gasteiger partial charge is 0.262 e. The highest BCUT2D eigenvalue weighted by Gasteiger charge is 2.07. The van der Waals surface area contributed by atoms with Crippen LogP contribution in [0.1, 0.15) is 5.56 Å². The summed E-state index contributed by atoms with van der Waals surface area (Å²) >= 11 is 11.8. The molecule has 0 fully saturated rings. The van der Waals surface area contributed by atoms with Crippen molar-refractivity contribution in [1.82, 2.24) is 0 Å². The highest BCUT2D eigenvalue weighted by molar-refractivity contribution is 6.34. The van der Waals surface area contributed by atoms with Gasteiger partial charge >= 0.3 is 0 Å². The number of benzene rings is 2. The lowest BCUT2D eigenvalue weighted by atomic mass is 10.1. The van der Waals surface area contributed by atoms with Crippen LogP contribution in [0.2, 0.25) is 10.0 Å². The third-order valence-electron chi connectivity index (χ3n) is 2.77. The Morgan fingerprint density at radius 2 is 1.91 bits per heavy atom. The molecule has 0 aromatic heterocycles. The Bertz CT molecular complexity index is 709. The van der Waals surface area contributed by atoms with Crippen LogP contribution in [0.4, 0.5) is 5.69 Å². The van der Waals surface area contributed by atoms with Crippen LogP contribution in [-0.4, -0.2) is 12.5 Å². The van der Waals surface area contributed by atoms with E-state index in [-0.39, 0.29) is 12.5 Å². The number of carbonyl (C=O) groups is 1. The number of hydrogen-bond acceptors (Lipinski definition) is 3. The Balaban J connectivity index is 1.90. The molecule has 1 amide bonds. The van der Waals surface area contributed by atoms with E-state index >= 15 is 0 Å². The molecule has 6 heteroatoms. The van der Waals surface area contributed by atoms with Gasteiger partial charge < -0.3 is 10.1 Å². The van der Waals surface area contributed by atoms with Crippen molar-refractivity contribution in [3.63, 3.8) is 0 Å². The summed E-state index contributed by atoms with van der Waals surface area (Å²) in [6.45, 7) is -0.181. The molecule has 2 rings (SSSR count). The number of nitriles is 1. The molecule has 0 bridgehead atoms. The van der Waals surface area contributed by atoms with Crippen molar-refractivity contribution in [3.8, 4) is 11.8 Å². The van der Waals surface area contributed by atoms with Crippen LogP contribution in [-0.2, 0) is 11.2 Å². The summed E-state index contributed by atoms with van der Waals surface area (Å²) in [6.07, 6.45) is 0.338. The third-order valence-corrected chi connectivity index (χ3v) is 3.32. The number of halogens is 2. The Kier molecular flexibility index (Phi) is 5.65. The van der Waals surface area contributed by atoms with E-state index in [1.54, 1.807) is 42.5 Å². The second kappa shape index (κ2) is 7.69. The van der Waals surface area contributed by atoms with E-state index in [9.17, 15) is 4.79 Å². The van der Waals surface area contributed by atoms with Crippen molar-refractivity contribution in [2.75, 3.05) is 11.9 Å². The van der Waals surface area contributed by atoms with Crippen LogP contribution in [0.5, 0.6) is 5.75 Å². The number of carbonyl (C=O) groups excluding carboxylic acids is 1. The van der Waals surface area contributed by atoms with Gasteiger partial charge in [-0.15, -0.1) is 0 Å². The van der Waals surface area contributed by atoms with Gasteiger partial charge in [-0.05, 0) is 29.8 Å². The zero-order chi connectivity index (χ0) is 15.9. The van der Waals surface area contributed by atoms with Gasteiger partial charge in [0.2, 0.25) is 0 Å². The number of ether oxygens (including phenoxy) is 1. The Labute approximate surface area is 138 Å². The summed E-state index contributed by atoms with van der Waals surface area (Å²) in [5.74, 6) is 0.0396. The van der Waals surface area contributed by atoms with Gasteiger partial charge in [0.15, 0.2) is 6.61 Å². The zero-order valence-electron chi connectivity index (χ0n) is 11.5. The van der Waals surface area contributed by atoms with Gasteiger partial charge in [-0.1, -0.05) is 35.3 Å². The van der Waals surface area contributed by atoms with Crippen molar-refractivity contribution in [2.24, 2.45) is 0 Å². The van der Waals surface area contributed by atoms with Crippen molar-refractivity contribution in [3.05, 3.63) is 58.1 Å². The number of rotatable bonds is 5. The summed E-state index contributed by atoms with van der Waals surface area (Å²) in [5.41, 5.74) is 1.52. The fourth-order valence-electron chi connectivity index (χ4n) is 1.73. The molecule has 0 atom stereocenters. The molecule has 0 aliphatic rings. The average molecular weight is 335 g/mol. The van der Waals surface area contributed by atoms with Crippen LogP contribution in [0.25, 0.3) is 0 Å². The second-order valence-corrected chi connectivity index (χ2v) is 5.29. The first kappa shape index (κ1) is 16.2. The van der Waals surface area contributed by atoms with Crippen LogP contribution in [0.3, 0.4) is 0 Å². The lowest BCUT2D eigenvalue weighted by Gasteiger charge is -2.09. The zero-order valence-corrected chi connectivity index (χ0v) is 13.0. The summed E-state index contributed by atoms with van der Waals surface area (Å²) in [7, 11) is 0. The average Bonchev–Trinajstić information content (AvgIpc) is 2.50. The summed E-state index contributed by atoms with van der Waals surface area (Å²) in [6, 6.07) is 13.9. The summed E-state index contributed by atoms with van der Waals surface area (Å²) < 4.78 is 5.34. The normalized spacial score (nSPS) is 9.86. The molecule has 0 saturated heterocycles. The number of amides is 1. The molecule has 22 heavy (non-hydrogen) atoms. The molecule has 0 radical (unpaired) electrons. The largest absolute Gasteiger partial charge is 0.482 e. The Hall–Kier alpha value is -2.22. The number of hydrogen-bond donors (Lipinski definition) is 1. The number of anilines is 1. The van der Waals surface area contributed by atoms with Crippen molar-refractivity contribution < 1.29 is 9.53 Å². The second-order valence-electron chi connectivity index (χ2n) is 4.44. The van der Waals surface area contributed by atoms with Gasteiger partial charge in [0.05, 0.1) is 17.5 Å². The van der Waals surface area contributed by atoms with E-state index in [1.165, 1.54) is 0 Å². The van der Waals surface area contributed by atoms with Crippen molar-refractivity contribution >= 4 is 34.8 Å². The van der Waals surface area contributed by atoms with Gasteiger partial charge in [0, 0.05) is 16.8 Å². The number of nitrogens with one attached hydrogen (secondary N) is 1. The summed E-state index contributed by atoms with van der Waals surface area (Å²) in [4.78, 5) is 11.8. The first-order valence-electron chi connectivity index (χ1n) is 6.42. The first-order chi connectivity index (χ1) is 10.6. The maximum atomic E-state index is 11.8. The van der Waals surface area contributed by atoms with E-state index in [0.29, 0.717) is 27.9 Å². The molecule has 0 aliphatic heterocycles. The monoisotopic (exact) mass is 334 g/mol. The third kappa shape index (κ3) is 4.66. The molecule has 112 valence electrons. The molecule has 1 N–H and O–H groups in total. The fraction of sp³-hybridized carbons (Fsp3) is 0.125. The van der Waals surface area contributed by atoms with E-state index in [1.807, 2.05) is 0 Å². The van der Waals surface area contributed by atoms with E-state index < -0.39 is 0 Å². The molecule has 0 saturated carbocycles. The number of nitrogens with zero attached hydrogens (tertiary/aromatic N) is 1. The van der Waals surface area contributed by atoms with Crippen LogP contribution < -0.4 is 10.1 Å². The van der Waals surface area contributed by atoms with Crippen LogP contribution in [0, 0.1) is 11.3 Å². The molecule has 0 unspecified atom stereocenters. The predicted octanol–water partition coefficient (Wildman–Crippen LogP) is 4.08. The predicted molar refractivity (Wildman–Crippen MR) is 86.3 cm³/mol. The van der Waals surface area contributed by atoms with E-state index in [2.05, 4.69) is 11.4 Å². The topological polar surface area (TPSA) is 62.1 Å². The van der Waals surface area contributed by atoms with Crippen LogP contribution >= 0.6 is 23.2 Å². The minimum atomic E-state index is -0.316.